The van der Waals surface area contributed by atoms with Gasteiger partial charge in [-0.15, -0.1) is 0 Å². The van der Waals surface area contributed by atoms with Crippen LogP contribution in [0.25, 0.3) is 87.2 Å². The molecule has 0 heteroatoms. The van der Waals surface area contributed by atoms with Crippen molar-refractivity contribution in [3.8, 4) is 33.4 Å². The molecule has 0 aromatic heterocycles. The van der Waals surface area contributed by atoms with Crippen molar-refractivity contribution in [2.24, 2.45) is 0 Å². The lowest BCUT2D eigenvalue weighted by molar-refractivity contribution is 0.591. The average Bonchev–Trinajstić information content (AvgIpc) is 3.34. The zero-order valence-corrected chi connectivity index (χ0v) is 28.8. The van der Waals surface area contributed by atoms with E-state index < -0.39 is 0 Å². The molecular weight excluding hydrogens is 589 g/mol. The first-order valence-electron chi connectivity index (χ1n) is 17.6. The van der Waals surface area contributed by atoms with Gasteiger partial charge in [-0.05, 0) is 128 Å². The number of hydrogen-bond acceptors (Lipinski definition) is 0. The minimum atomic E-state index is -0.116. The van der Waals surface area contributed by atoms with E-state index in [1.54, 1.807) is 0 Å². The molecule has 0 saturated carbocycles. The molecule has 0 fully saturated rings. The van der Waals surface area contributed by atoms with Gasteiger partial charge in [0.15, 0.2) is 0 Å². The van der Waals surface area contributed by atoms with Crippen LogP contribution in [0.4, 0.5) is 0 Å². The van der Waals surface area contributed by atoms with Crippen LogP contribution in [0.1, 0.15) is 51.3 Å². The molecule has 0 saturated heterocycles. The van der Waals surface area contributed by atoms with Crippen molar-refractivity contribution in [2.75, 3.05) is 0 Å². The maximum atomic E-state index is 2.47. The first kappa shape index (κ1) is 28.5. The van der Waals surface area contributed by atoms with Crippen molar-refractivity contribution in [3.63, 3.8) is 0 Å². The third kappa shape index (κ3) is 4.04. The van der Waals surface area contributed by atoms with Gasteiger partial charge < -0.3 is 0 Å². The van der Waals surface area contributed by atoms with Crippen LogP contribution in [0.15, 0.2) is 140 Å². The molecule has 0 N–H and O–H groups in total. The normalized spacial score (nSPS) is 14.0. The van der Waals surface area contributed by atoms with Crippen LogP contribution in [0.3, 0.4) is 0 Å². The van der Waals surface area contributed by atoms with Crippen LogP contribution >= 0.6 is 0 Å². The third-order valence-corrected chi connectivity index (χ3v) is 11.6. The van der Waals surface area contributed by atoms with Gasteiger partial charge in [-0.1, -0.05) is 156 Å². The highest BCUT2D eigenvalue weighted by Gasteiger charge is 2.36. The summed E-state index contributed by atoms with van der Waals surface area (Å²) in [6.45, 7) is 11.6. The van der Waals surface area contributed by atoms with E-state index in [1.165, 1.54) is 104 Å². The van der Waals surface area contributed by atoms with E-state index in [1.807, 2.05) is 0 Å². The molecule has 49 heavy (non-hydrogen) atoms. The molecule has 0 spiro atoms. The van der Waals surface area contributed by atoms with Gasteiger partial charge in [-0.25, -0.2) is 0 Å². The molecule has 9 aromatic rings. The molecule has 234 valence electrons. The van der Waals surface area contributed by atoms with E-state index in [0.29, 0.717) is 0 Å². The second-order valence-corrected chi connectivity index (χ2v) is 15.8. The molecule has 1 aliphatic carbocycles. The van der Waals surface area contributed by atoms with Gasteiger partial charge >= 0.3 is 0 Å². The van der Waals surface area contributed by atoms with Crippen LogP contribution in [-0.4, -0.2) is 0 Å². The third-order valence-electron chi connectivity index (χ3n) is 11.6. The molecule has 0 unspecified atom stereocenters. The molecule has 10 rings (SSSR count). The number of rotatable bonds is 2. The van der Waals surface area contributed by atoms with Crippen molar-refractivity contribution in [3.05, 3.63) is 156 Å². The molecule has 0 radical (unpaired) electrons. The van der Waals surface area contributed by atoms with Crippen LogP contribution in [-0.2, 0) is 10.8 Å². The fraction of sp³-hybridized carbons (Fsp3) is 0.143. The van der Waals surface area contributed by atoms with E-state index in [-0.39, 0.29) is 10.8 Å². The average molecular weight is 627 g/mol. The van der Waals surface area contributed by atoms with E-state index in [0.717, 1.165) is 0 Å². The van der Waals surface area contributed by atoms with Crippen LogP contribution in [0.2, 0.25) is 0 Å². The lowest BCUT2D eigenvalue weighted by atomic mass is 9.80. The van der Waals surface area contributed by atoms with Crippen molar-refractivity contribution < 1.29 is 0 Å². The maximum Gasteiger partial charge on any atom is 0.0159 e. The van der Waals surface area contributed by atoms with Crippen molar-refractivity contribution >= 4 is 53.9 Å². The Balaban J connectivity index is 1.09. The van der Waals surface area contributed by atoms with Gasteiger partial charge in [0.05, 0.1) is 0 Å². The zero-order chi connectivity index (χ0) is 33.2. The lowest BCUT2D eigenvalue weighted by Crippen LogP contribution is -2.15. The summed E-state index contributed by atoms with van der Waals surface area (Å²) in [4.78, 5) is 0. The van der Waals surface area contributed by atoms with E-state index in [9.17, 15) is 0 Å². The van der Waals surface area contributed by atoms with Crippen molar-refractivity contribution in [2.45, 2.75) is 45.4 Å². The molecular formula is C49H38. The fourth-order valence-corrected chi connectivity index (χ4v) is 8.85. The lowest BCUT2D eigenvalue weighted by Gasteiger charge is -2.23. The molecule has 0 heterocycles. The molecule has 0 nitrogen and oxygen atoms in total. The number of hydrogen-bond donors (Lipinski definition) is 0. The Labute approximate surface area is 288 Å². The van der Waals surface area contributed by atoms with E-state index in [4.69, 9.17) is 0 Å². The largest absolute Gasteiger partial charge is 0.0616 e. The van der Waals surface area contributed by atoms with E-state index in [2.05, 4.69) is 174 Å². The minimum Gasteiger partial charge on any atom is -0.0616 e. The van der Waals surface area contributed by atoms with Gasteiger partial charge in [-0.2, -0.15) is 0 Å². The quantitative estimate of drug-likeness (QED) is 0.132. The van der Waals surface area contributed by atoms with Gasteiger partial charge in [0, 0.05) is 5.41 Å². The van der Waals surface area contributed by atoms with Gasteiger partial charge in [0.1, 0.15) is 0 Å². The van der Waals surface area contributed by atoms with Gasteiger partial charge in [0.25, 0.3) is 0 Å². The Bertz CT molecular complexity index is 2820. The molecule has 0 aliphatic heterocycles. The predicted octanol–water partition coefficient (Wildman–Crippen LogP) is 13.8. The number of benzene rings is 9. The highest BCUT2D eigenvalue weighted by molar-refractivity contribution is 6.35. The van der Waals surface area contributed by atoms with Gasteiger partial charge in [0.2, 0.25) is 0 Å². The second-order valence-electron chi connectivity index (χ2n) is 15.8. The Morgan fingerprint density at radius 3 is 1.69 bits per heavy atom. The minimum absolute atomic E-state index is 0.116. The second kappa shape index (κ2) is 9.80. The molecule has 0 atom stereocenters. The van der Waals surface area contributed by atoms with E-state index >= 15 is 0 Å². The summed E-state index contributed by atoms with van der Waals surface area (Å²) in [5.41, 5.74) is 12.1. The molecule has 9 aromatic carbocycles. The Hall–Kier alpha value is -5.46. The fourth-order valence-electron chi connectivity index (χ4n) is 8.85. The predicted molar refractivity (Wildman–Crippen MR) is 212 cm³/mol. The first-order chi connectivity index (χ1) is 23.7. The highest BCUT2D eigenvalue weighted by atomic mass is 14.4. The molecule has 1 aliphatic rings. The molecule has 0 amide bonds. The summed E-state index contributed by atoms with van der Waals surface area (Å²) in [6.07, 6.45) is 0. The van der Waals surface area contributed by atoms with Crippen LogP contribution < -0.4 is 0 Å². The summed E-state index contributed by atoms with van der Waals surface area (Å²) in [7, 11) is 0. The summed E-state index contributed by atoms with van der Waals surface area (Å²) in [5.74, 6) is 0. The summed E-state index contributed by atoms with van der Waals surface area (Å²) in [6, 6.07) is 53.2. The first-order valence-corrected chi connectivity index (χ1v) is 17.6. The van der Waals surface area contributed by atoms with Gasteiger partial charge in [-0.3, -0.25) is 0 Å². The monoisotopic (exact) mass is 626 g/mol. The Morgan fingerprint density at radius 1 is 0.388 bits per heavy atom. The Morgan fingerprint density at radius 2 is 0.939 bits per heavy atom. The van der Waals surface area contributed by atoms with Crippen molar-refractivity contribution in [1.29, 1.82) is 0 Å². The topological polar surface area (TPSA) is 0 Å². The number of fused-ring (bicyclic) bond motifs is 7. The summed E-state index contributed by atoms with van der Waals surface area (Å²) < 4.78 is 0. The molecule has 0 bridgehead atoms. The maximum absolute atomic E-state index is 2.47. The summed E-state index contributed by atoms with van der Waals surface area (Å²) in [5, 5.41) is 13.3. The highest BCUT2D eigenvalue weighted by Crippen LogP contribution is 2.52. The standard InChI is InChI=1S/C49H38/c1-48(2,3)35-19-15-31-25-30(13-14-32(31)26-35)33-17-20-39-40-21-18-34(28-45(40)49(4,5)44(39)27-33)36-23-24-43-38-11-7-6-10-37(38)41-12-8-9-29-16-22-42(36)47(43)46(29)41/h6-28H,1-5H3. The summed E-state index contributed by atoms with van der Waals surface area (Å²) >= 11 is 0. The van der Waals surface area contributed by atoms with Crippen LogP contribution in [0, 0.1) is 0 Å². The Kier molecular flexibility index (Phi) is 5.71. The SMILES string of the molecule is CC(C)(C)c1ccc2cc(-c3ccc4c(c3)C(C)(C)c3cc(-c5ccc6c7ccccc7c7cccc8ccc5c6c87)ccc3-4)ccc2c1. The smallest absolute Gasteiger partial charge is 0.0159 e. The zero-order valence-electron chi connectivity index (χ0n) is 28.8. The van der Waals surface area contributed by atoms with Crippen molar-refractivity contribution in [1.82, 2.24) is 0 Å². The van der Waals surface area contributed by atoms with Crippen LogP contribution in [0.5, 0.6) is 0 Å².